The Hall–Kier alpha value is -1.30. The van der Waals surface area contributed by atoms with Crippen LogP contribution < -0.4 is 0 Å². The smallest absolute Gasteiger partial charge is 0.0238 e. The monoisotopic (exact) mass is 268 g/mol. The Morgan fingerprint density at radius 2 is 1.85 bits per heavy atom. The summed E-state index contributed by atoms with van der Waals surface area (Å²) in [4.78, 5) is 0. The van der Waals surface area contributed by atoms with E-state index >= 15 is 0 Å². The number of hydrogen-bond donors (Lipinski definition) is 0. The molecule has 0 radical (unpaired) electrons. The fourth-order valence-electron chi connectivity index (χ4n) is 4.65. The van der Waals surface area contributed by atoms with Crippen LogP contribution >= 0.6 is 0 Å². The summed E-state index contributed by atoms with van der Waals surface area (Å²) >= 11 is 0. The Balaban J connectivity index is 2.64. The SMILES string of the molecule is C=C/C=C\C1=C(C)C(C)=C(C=C)C12CC(C)CC2CC. The highest BCUT2D eigenvalue weighted by Crippen LogP contribution is 2.62. The van der Waals surface area contributed by atoms with Gasteiger partial charge in [-0.1, -0.05) is 57.7 Å². The van der Waals surface area contributed by atoms with Crippen LogP contribution in [0.15, 0.2) is 59.8 Å². The average Bonchev–Trinajstić information content (AvgIpc) is 2.85. The summed E-state index contributed by atoms with van der Waals surface area (Å²) in [7, 11) is 0. The first-order valence-corrected chi connectivity index (χ1v) is 7.87. The van der Waals surface area contributed by atoms with Crippen molar-refractivity contribution in [3.63, 3.8) is 0 Å². The van der Waals surface area contributed by atoms with Crippen molar-refractivity contribution in [2.24, 2.45) is 17.3 Å². The van der Waals surface area contributed by atoms with Crippen LogP contribution in [0.4, 0.5) is 0 Å². The maximum Gasteiger partial charge on any atom is 0.0238 e. The molecule has 0 heteroatoms. The molecular weight excluding hydrogens is 240 g/mol. The maximum atomic E-state index is 4.13. The Bertz CT molecular complexity index is 512. The van der Waals surface area contributed by atoms with Gasteiger partial charge in [0.15, 0.2) is 0 Å². The molecule has 1 saturated carbocycles. The van der Waals surface area contributed by atoms with Gasteiger partial charge in [0.1, 0.15) is 0 Å². The summed E-state index contributed by atoms with van der Waals surface area (Å²) in [6, 6.07) is 0. The lowest BCUT2D eigenvalue weighted by molar-refractivity contribution is 0.318. The largest absolute Gasteiger partial charge is 0.0991 e. The fraction of sp³-hybridized carbons (Fsp3) is 0.500. The maximum absolute atomic E-state index is 4.13. The first kappa shape index (κ1) is 15.1. The predicted octanol–water partition coefficient (Wildman–Crippen LogP) is 6.00. The number of rotatable bonds is 4. The van der Waals surface area contributed by atoms with Crippen molar-refractivity contribution in [2.75, 3.05) is 0 Å². The highest BCUT2D eigenvalue weighted by Gasteiger charge is 2.52. The van der Waals surface area contributed by atoms with Crippen LogP contribution in [0.25, 0.3) is 0 Å². The lowest BCUT2D eigenvalue weighted by Crippen LogP contribution is -2.27. The second-order valence-corrected chi connectivity index (χ2v) is 6.50. The molecule has 0 nitrogen and oxygen atoms in total. The molecule has 3 atom stereocenters. The average molecular weight is 268 g/mol. The molecule has 0 aromatic heterocycles. The molecule has 0 bridgehead atoms. The van der Waals surface area contributed by atoms with Crippen LogP contribution in [0.3, 0.4) is 0 Å². The van der Waals surface area contributed by atoms with Crippen molar-refractivity contribution < 1.29 is 0 Å². The van der Waals surface area contributed by atoms with Crippen LogP contribution in [-0.2, 0) is 0 Å². The molecule has 0 amide bonds. The molecule has 108 valence electrons. The molecule has 20 heavy (non-hydrogen) atoms. The summed E-state index contributed by atoms with van der Waals surface area (Å²) in [5.41, 5.74) is 6.10. The normalized spacial score (nSPS) is 33.8. The zero-order chi connectivity index (χ0) is 14.9. The van der Waals surface area contributed by atoms with Gasteiger partial charge >= 0.3 is 0 Å². The first-order valence-electron chi connectivity index (χ1n) is 7.87. The predicted molar refractivity (Wildman–Crippen MR) is 89.5 cm³/mol. The Morgan fingerprint density at radius 3 is 2.40 bits per heavy atom. The molecular formula is C20H28. The van der Waals surface area contributed by atoms with Gasteiger partial charge in [-0.05, 0) is 60.8 Å². The zero-order valence-corrected chi connectivity index (χ0v) is 13.5. The van der Waals surface area contributed by atoms with Gasteiger partial charge in [0.2, 0.25) is 0 Å². The molecule has 0 heterocycles. The Morgan fingerprint density at radius 1 is 1.20 bits per heavy atom. The minimum atomic E-state index is 0.212. The number of allylic oxidation sites excluding steroid dienone is 8. The van der Waals surface area contributed by atoms with Gasteiger partial charge in [0.05, 0.1) is 0 Å². The van der Waals surface area contributed by atoms with E-state index in [2.05, 4.69) is 59.1 Å². The van der Waals surface area contributed by atoms with Crippen LogP contribution in [0.5, 0.6) is 0 Å². The molecule has 1 fully saturated rings. The van der Waals surface area contributed by atoms with Crippen LogP contribution in [0.1, 0.15) is 47.0 Å². The molecule has 0 aromatic rings. The minimum absolute atomic E-state index is 0.212. The van der Waals surface area contributed by atoms with E-state index in [1.54, 1.807) is 0 Å². The van der Waals surface area contributed by atoms with E-state index in [0.29, 0.717) is 0 Å². The van der Waals surface area contributed by atoms with E-state index in [-0.39, 0.29) is 5.41 Å². The summed E-state index contributed by atoms with van der Waals surface area (Å²) in [5.74, 6) is 1.53. The summed E-state index contributed by atoms with van der Waals surface area (Å²) in [5, 5.41) is 0. The van der Waals surface area contributed by atoms with Gasteiger partial charge in [-0.2, -0.15) is 0 Å². The second-order valence-electron chi connectivity index (χ2n) is 6.50. The van der Waals surface area contributed by atoms with Crippen molar-refractivity contribution in [2.45, 2.75) is 47.0 Å². The van der Waals surface area contributed by atoms with Gasteiger partial charge < -0.3 is 0 Å². The van der Waals surface area contributed by atoms with E-state index in [9.17, 15) is 0 Å². The van der Waals surface area contributed by atoms with Gasteiger partial charge in [-0.3, -0.25) is 0 Å². The lowest BCUT2D eigenvalue weighted by Gasteiger charge is -2.36. The van der Waals surface area contributed by atoms with E-state index in [4.69, 9.17) is 0 Å². The van der Waals surface area contributed by atoms with Crippen LogP contribution in [0, 0.1) is 17.3 Å². The third-order valence-electron chi connectivity index (χ3n) is 5.48. The van der Waals surface area contributed by atoms with Crippen molar-refractivity contribution in [1.82, 2.24) is 0 Å². The third-order valence-corrected chi connectivity index (χ3v) is 5.48. The van der Waals surface area contributed by atoms with E-state index < -0.39 is 0 Å². The summed E-state index contributed by atoms with van der Waals surface area (Å²) in [6.07, 6.45) is 12.2. The standard InChI is InChI=1S/C20H28/c1-7-10-11-19-16(6)15(5)18(9-3)20(19)13-14(4)12-17(20)8-2/h7,9-11,14,17H,1,3,8,12-13H2,2,4-6H3/b11-10-. The minimum Gasteiger partial charge on any atom is -0.0991 e. The quantitative estimate of drug-likeness (QED) is 0.548. The molecule has 0 aromatic carbocycles. The second kappa shape index (κ2) is 5.60. The van der Waals surface area contributed by atoms with Gasteiger partial charge in [0.25, 0.3) is 0 Å². The molecule has 2 rings (SSSR count). The van der Waals surface area contributed by atoms with Crippen molar-refractivity contribution >= 4 is 0 Å². The van der Waals surface area contributed by atoms with E-state index in [1.807, 2.05) is 6.08 Å². The summed E-state index contributed by atoms with van der Waals surface area (Å²) < 4.78 is 0. The molecule has 2 aliphatic rings. The Kier molecular flexibility index (Phi) is 4.22. The van der Waals surface area contributed by atoms with Crippen LogP contribution in [-0.4, -0.2) is 0 Å². The summed E-state index contributed by atoms with van der Waals surface area (Å²) in [6.45, 7) is 17.2. The third kappa shape index (κ3) is 1.97. The lowest BCUT2D eigenvalue weighted by atomic mass is 9.67. The molecule has 0 saturated heterocycles. The molecule has 0 N–H and O–H groups in total. The van der Waals surface area contributed by atoms with E-state index in [1.165, 1.54) is 41.6 Å². The highest BCUT2D eigenvalue weighted by atomic mass is 14.5. The van der Waals surface area contributed by atoms with Crippen molar-refractivity contribution in [1.29, 1.82) is 0 Å². The highest BCUT2D eigenvalue weighted by molar-refractivity contribution is 5.60. The first-order chi connectivity index (χ1) is 9.52. The van der Waals surface area contributed by atoms with Crippen molar-refractivity contribution in [3.05, 3.63) is 59.8 Å². The Labute approximate surface area is 124 Å². The van der Waals surface area contributed by atoms with Crippen molar-refractivity contribution in [3.8, 4) is 0 Å². The zero-order valence-electron chi connectivity index (χ0n) is 13.5. The molecule has 2 aliphatic carbocycles. The van der Waals surface area contributed by atoms with Gasteiger partial charge in [-0.25, -0.2) is 0 Å². The fourth-order valence-corrected chi connectivity index (χ4v) is 4.65. The van der Waals surface area contributed by atoms with Gasteiger partial charge in [-0.15, -0.1) is 0 Å². The van der Waals surface area contributed by atoms with Crippen LogP contribution in [0.2, 0.25) is 0 Å². The number of hydrogen-bond acceptors (Lipinski definition) is 0. The van der Waals surface area contributed by atoms with Gasteiger partial charge in [0, 0.05) is 5.41 Å². The topological polar surface area (TPSA) is 0 Å². The van der Waals surface area contributed by atoms with E-state index in [0.717, 1.165) is 11.8 Å². The molecule has 3 unspecified atom stereocenters. The molecule has 0 aliphatic heterocycles. The molecule has 1 spiro atoms.